The summed E-state index contributed by atoms with van der Waals surface area (Å²) in [4.78, 5) is 0. The van der Waals surface area contributed by atoms with E-state index in [2.05, 4.69) is 9.28 Å². The molecule has 0 saturated carbocycles. The van der Waals surface area contributed by atoms with Crippen molar-refractivity contribution in [2.45, 2.75) is 13.0 Å². The first-order valence-corrected chi connectivity index (χ1v) is 5.64. The number of aromatic nitrogens is 2. The molecule has 0 aliphatic heterocycles. The van der Waals surface area contributed by atoms with Gasteiger partial charge in [-0.3, -0.25) is 8.86 Å². The first kappa shape index (κ1) is 10.2. The summed E-state index contributed by atoms with van der Waals surface area (Å²) in [6.45, 7) is 1.94. The normalized spacial score (nSPS) is 14.3. The fraction of sp³-hybridized carbons (Fsp3) is 0.571. The van der Waals surface area contributed by atoms with Crippen LogP contribution >= 0.6 is 0 Å². The highest BCUT2D eigenvalue weighted by Crippen LogP contribution is 2.04. The van der Waals surface area contributed by atoms with Crippen LogP contribution in [0.3, 0.4) is 0 Å². The van der Waals surface area contributed by atoms with Crippen molar-refractivity contribution in [3.05, 3.63) is 18.5 Å². The summed E-state index contributed by atoms with van der Waals surface area (Å²) in [6, 6.07) is 1.70. The summed E-state index contributed by atoms with van der Waals surface area (Å²) in [5.41, 5.74) is 0. The minimum absolute atomic E-state index is 0.0790. The van der Waals surface area contributed by atoms with Crippen LogP contribution in [-0.4, -0.2) is 31.1 Å². The van der Waals surface area contributed by atoms with Gasteiger partial charge in [0.1, 0.15) is 0 Å². The van der Waals surface area contributed by atoms with E-state index < -0.39 is 10.1 Å². The summed E-state index contributed by atoms with van der Waals surface area (Å²) in [5.74, 6) is 0. The van der Waals surface area contributed by atoms with Crippen LogP contribution in [0, 0.1) is 0 Å². The Labute approximate surface area is 77.4 Å². The quantitative estimate of drug-likeness (QED) is 0.667. The van der Waals surface area contributed by atoms with Crippen LogP contribution in [-0.2, 0) is 14.3 Å². The molecular formula is C7H12N2O3S. The monoisotopic (exact) mass is 204 g/mol. The zero-order valence-electron chi connectivity index (χ0n) is 7.54. The maximum absolute atomic E-state index is 10.7. The van der Waals surface area contributed by atoms with Crippen LogP contribution in [0.1, 0.15) is 13.0 Å². The molecule has 1 unspecified atom stereocenters. The number of rotatable bonds is 4. The maximum atomic E-state index is 10.7. The van der Waals surface area contributed by atoms with Gasteiger partial charge in [-0.15, -0.1) is 0 Å². The molecule has 0 radical (unpaired) electrons. The molecule has 0 aliphatic rings. The summed E-state index contributed by atoms with van der Waals surface area (Å²) in [6.07, 6.45) is 4.43. The van der Waals surface area contributed by atoms with Crippen molar-refractivity contribution in [1.29, 1.82) is 0 Å². The van der Waals surface area contributed by atoms with E-state index >= 15 is 0 Å². The molecule has 0 fully saturated rings. The molecule has 0 aromatic carbocycles. The third-order valence-corrected chi connectivity index (χ3v) is 2.06. The number of hydrogen-bond acceptors (Lipinski definition) is 4. The average Bonchev–Trinajstić information content (AvgIpc) is 2.50. The molecule has 0 amide bonds. The predicted octanol–water partition coefficient (Wildman–Crippen LogP) is 0.420. The van der Waals surface area contributed by atoms with Gasteiger partial charge in [0.25, 0.3) is 10.1 Å². The van der Waals surface area contributed by atoms with Crippen LogP contribution in [0.15, 0.2) is 18.5 Å². The molecule has 0 bridgehead atoms. The van der Waals surface area contributed by atoms with Gasteiger partial charge in [0.05, 0.1) is 18.9 Å². The summed E-state index contributed by atoms with van der Waals surface area (Å²) < 4.78 is 27.6. The van der Waals surface area contributed by atoms with Crippen molar-refractivity contribution in [2.75, 3.05) is 12.9 Å². The van der Waals surface area contributed by atoms with Crippen molar-refractivity contribution in [2.24, 2.45) is 0 Å². The van der Waals surface area contributed by atoms with Crippen molar-refractivity contribution >= 4 is 10.1 Å². The molecule has 0 spiro atoms. The topological polar surface area (TPSA) is 61.2 Å². The Morgan fingerprint density at radius 1 is 1.62 bits per heavy atom. The lowest BCUT2D eigenvalue weighted by molar-refractivity contribution is 0.258. The van der Waals surface area contributed by atoms with Crippen LogP contribution in [0.4, 0.5) is 0 Å². The van der Waals surface area contributed by atoms with E-state index in [9.17, 15) is 8.42 Å². The van der Waals surface area contributed by atoms with Gasteiger partial charge >= 0.3 is 0 Å². The molecule has 5 nitrogen and oxygen atoms in total. The second kappa shape index (κ2) is 3.89. The lowest BCUT2D eigenvalue weighted by Gasteiger charge is -2.10. The average molecular weight is 204 g/mol. The minimum atomic E-state index is -3.35. The third-order valence-electron chi connectivity index (χ3n) is 1.50. The van der Waals surface area contributed by atoms with Crippen LogP contribution in [0.5, 0.6) is 0 Å². The Morgan fingerprint density at radius 2 is 2.31 bits per heavy atom. The molecule has 1 aromatic heterocycles. The van der Waals surface area contributed by atoms with E-state index in [1.54, 1.807) is 23.1 Å². The smallest absolute Gasteiger partial charge is 0.264 e. The van der Waals surface area contributed by atoms with Crippen molar-refractivity contribution in [3.8, 4) is 0 Å². The van der Waals surface area contributed by atoms with E-state index in [1.165, 1.54) is 0 Å². The molecule has 0 aliphatic carbocycles. The second-order valence-electron chi connectivity index (χ2n) is 2.82. The highest BCUT2D eigenvalue weighted by molar-refractivity contribution is 7.85. The largest absolute Gasteiger partial charge is 0.268 e. The van der Waals surface area contributed by atoms with E-state index in [0.717, 1.165) is 6.26 Å². The lowest BCUT2D eigenvalue weighted by Crippen LogP contribution is -2.15. The van der Waals surface area contributed by atoms with Crippen LogP contribution in [0.25, 0.3) is 0 Å². The van der Waals surface area contributed by atoms with E-state index in [4.69, 9.17) is 0 Å². The van der Waals surface area contributed by atoms with Crippen molar-refractivity contribution in [1.82, 2.24) is 9.78 Å². The molecule has 0 saturated heterocycles. The Morgan fingerprint density at radius 3 is 2.77 bits per heavy atom. The van der Waals surface area contributed by atoms with Gasteiger partial charge in [-0.25, -0.2) is 0 Å². The van der Waals surface area contributed by atoms with Gasteiger partial charge in [0.2, 0.25) is 0 Å². The SMILES string of the molecule is CC(COS(C)(=O)=O)n1cccn1. The van der Waals surface area contributed by atoms with Gasteiger partial charge in [-0.2, -0.15) is 13.5 Å². The highest BCUT2D eigenvalue weighted by atomic mass is 32.2. The molecule has 1 aromatic rings. The van der Waals surface area contributed by atoms with E-state index in [0.29, 0.717) is 0 Å². The molecule has 1 atom stereocenters. The third kappa shape index (κ3) is 3.56. The minimum Gasteiger partial charge on any atom is -0.268 e. The lowest BCUT2D eigenvalue weighted by atomic mass is 10.4. The standard InChI is InChI=1S/C7H12N2O3S/c1-7(6-12-13(2,10)11)9-5-3-4-8-9/h3-5,7H,6H2,1-2H3. The molecule has 74 valence electrons. The van der Waals surface area contributed by atoms with Gasteiger partial charge in [0.15, 0.2) is 0 Å². The van der Waals surface area contributed by atoms with Gasteiger partial charge < -0.3 is 0 Å². The molecule has 0 N–H and O–H groups in total. The van der Waals surface area contributed by atoms with Crippen molar-refractivity contribution < 1.29 is 12.6 Å². The zero-order chi connectivity index (χ0) is 9.90. The van der Waals surface area contributed by atoms with Gasteiger partial charge in [-0.05, 0) is 13.0 Å². The maximum Gasteiger partial charge on any atom is 0.264 e. The van der Waals surface area contributed by atoms with E-state index in [-0.39, 0.29) is 12.6 Å². The second-order valence-corrected chi connectivity index (χ2v) is 4.47. The van der Waals surface area contributed by atoms with Crippen molar-refractivity contribution in [3.63, 3.8) is 0 Å². The van der Waals surface area contributed by atoms with Crippen LogP contribution in [0.2, 0.25) is 0 Å². The highest BCUT2D eigenvalue weighted by Gasteiger charge is 2.08. The first-order valence-electron chi connectivity index (χ1n) is 3.82. The molecular weight excluding hydrogens is 192 g/mol. The fourth-order valence-electron chi connectivity index (χ4n) is 0.840. The van der Waals surface area contributed by atoms with Gasteiger partial charge in [-0.1, -0.05) is 0 Å². The number of nitrogens with zero attached hydrogens (tertiary/aromatic N) is 2. The Hall–Kier alpha value is -0.880. The predicted molar refractivity (Wildman–Crippen MR) is 47.7 cm³/mol. The molecule has 1 rings (SSSR count). The summed E-state index contributed by atoms with van der Waals surface area (Å²) in [5, 5.41) is 3.96. The number of hydrogen-bond donors (Lipinski definition) is 0. The molecule has 1 heterocycles. The van der Waals surface area contributed by atoms with E-state index in [1.807, 2.05) is 6.92 Å². The first-order chi connectivity index (χ1) is 5.99. The molecule has 13 heavy (non-hydrogen) atoms. The molecule has 6 heteroatoms. The Balaban J connectivity index is 2.48. The summed E-state index contributed by atoms with van der Waals surface area (Å²) >= 11 is 0. The fourth-order valence-corrected chi connectivity index (χ4v) is 1.28. The van der Waals surface area contributed by atoms with Crippen LogP contribution < -0.4 is 0 Å². The van der Waals surface area contributed by atoms with Gasteiger partial charge in [0, 0.05) is 12.4 Å². The Kier molecular flexibility index (Phi) is 3.05. The Bertz CT molecular complexity index is 344. The zero-order valence-corrected chi connectivity index (χ0v) is 8.36. The summed E-state index contributed by atoms with van der Waals surface area (Å²) in [7, 11) is -3.35.